The molecule has 51 heavy (non-hydrogen) atoms. The normalized spacial score (nSPS) is 19.8. The number of benzene rings is 3. The minimum absolute atomic E-state index is 0.0675. The largest absolute Gasteiger partial charge is 0.491 e. The first kappa shape index (κ1) is 32.7. The Balaban J connectivity index is 0.859. The molecule has 0 amide bonds. The van der Waals surface area contributed by atoms with Crippen LogP contribution in [0.4, 0.5) is 11.4 Å². The van der Waals surface area contributed by atoms with Gasteiger partial charge in [-0.05, 0) is 74.0 Å². The number of pyridine rings is 1. The zero-order valence-corrected chi connectivity index (χ0v) is 28.8. The van der Waals surface area contributed by atoms with Crippen LogP contribution in [0.25, 0.3) is 16.6 Å². The van der Waals surface area contributed by atoms with Gasteiger partial charge < -0.3 is 24.0 Å². The number of piperazine rings is 1. The van der Waals surface area contributed by atoms with E-state index in [1.54, 1.807) is 39.0 Å². The molecular formula is C38H41N9O4. The van der Waals surface area contributed by atoms with E-state index in [-0.39, 0.29) is 24.4 Å². The summed E-state index contributed by atoms with van der Waals surface area (Å²) < 4.78 is 22.3. The van der Waals surface area contributed by atoms with Crippen molar-refractivity contribution in [3.8, 4) is 11.4 Å². The minimum Gasteiger partial charge on any atom is -0.491 e. The zero-order valence-electron chi connectivity index (χ0n) is 28.8. The molecule has 3 aromatic carbocycles. The maximum atomic E-state index is 12.8. The lowest BCUT2D eigenvalue weighted by Gasteiger charge is -2.37. The molecule has 0 spiro atoms. The van der Waals surface area contributed by atoms with Gasteiger partial charge in [0.15, 0.2) is 0 Å². The average molecular weight is 688 g/mol. The highest BCUT2D eigenvalue weighted by Crippen LogP contribution is 2.37. The van der Waals surface area contributed by atoms with Crippen molar-refractivity contribution in [1.82, 2.24) is 34.3 Å². The number of hydrogen-bond acceptors (Lipinski definition) is 10. The fourth-order valence-electron chi connectivity index (χ4n) is 6.72. The summed E-state index contributed by atoms with van der Waals surface area (Å²) in [6.07, 6.45) is 7.25. The topological polar surface area (TPSA) is 118 Å². The molecule has 5 heterocycles. The third kappa shape index (κ3) is 6.69. The Morgan fingerprint density at radius 2 is 1.55 bits per heavy atom. The van der Waals surface area contributed by atoms with Gasteiger partial charge in [0.25, 0.3) is 0 Å². The van der Waals surface area contributed by atoms with Crippen LogP contribution in [0.1, 0.15) is 31.9 Å². The molecule has 0 radical (unpaired) electrons. The van der Waals surface area contributed by atoms with E-state index >= 15 is 0 Å². The number of anilines is 2. The number of hydrogen-bond donors (Lipinski definition) is 0. The van der Waals surface area contributed by atoms with Gasteiger partial charge in [0, 0.05) is 54.7 Å². The predicted molar refractivity (Wildman–Crippen MR) is 193 cm³/mol. The van der Waals surface area contributed by atoms with Gasteiger partial charge in [-0.1, -0.05) is 25.1 Å². The molecule has 0 bridgehead atoms. The first-order chi connectivity index (χ1) is 25.0. The number of ether oxygens (including phenoxy) is 3. The fraction of sp³-hybridized carbons (Fsp3) is 0.342. The number of rotatable bonds is 11. The summed E-state index contributed by atoms with van der Waals surface area (Å²) in [6, 6.07) is 26.5. The molecule has 0 N–H and O–H groups in total. The second-order valence-electron chi connectivity index (χ2n) is 13.1. The maximum absolute atomic E-state index is 12.8. The molecule has 262 valence electrons. The third-order valence-corrected chi connectivity index (χ3v) is 9.82. The van der Waals surface area contributed by atoms with E-state index < -0.39 is 5.79 Å². The van der Waals surface area contributed by atoms with Crippen molar-refractivity contribution in [2.75, 3.05) is 49.2 Å². The van der Waals surface area contributed by atoms with Crippen LogP contribution >= 0.6 is 0 Å². The monoisotopic (exact) mass is 687 g/mol. The van der Waals surface area contributed by atoms with Gasteiger partial charge in [-0.3, -0.25) is 4.98 Å². The molecule has 2 saturated heterocycles. The van der Waals surface area contributed by atoms with E-state index in [0.29, 0.717) is 13.2 Å². The summed E-state index contributed by atoms with van der Waals surface area (Å²) in [6.45, 7) is 8.62. The van der Waals surface area contributed by atoms with E-state index in [2.05, 4.69) is 67.3 Å². The Bertz CT molecular complexity index is 2120. The highest BCUT2D eigenvalue weighted by atomic mass is 16.8. The van der Waals surface area contributed by atoms with Gasteiger partial charge in [0.1, 0.15) is 31.3 Å². The van der Waals surface area contributed by atoms with E-state index in [9.17, 15) is 4.79 Å². The Labute approximate surface area is 295 Å². The van der Waals surface area contributed by atoms with Gasteiger partial charge in [-0.2, -0.15) is 20.1 Å². The van der Waals surface area contributed by atoms with Crippen molar-refractivity contribution in [2.45, 2.75) is 44.7 Å². The highest BCUT2D eigenvalue weighted by molar-refractivity contribution is 5.78. The van der Waals surface area contributed by atoms with Crippen LogP contribution in [0.15, 0.2) is 109 Å². The number of nitrogens with zero attached hydrogens (tertiary/aromatic N) is 9. The maximum Gasteiger partial charge on any atom is 0.350 e. The molecule has 3 atom stereocenters. The molecule has 13 nitrogen and oxygen atoms in total. The van der Waals surface area contributed by atoms with Crippen LogP contribution in [0.2, 0.25) is 0 Å². The van der Waals surface area contributed by atoms with Crippen LogP contribution in [0, 0.1) is 0 Å². The van der Waals surface area contributed by atoms with Gasteiger partial charge in [-0.15, -0.1) is 0 Å². The molecule has 3 aromatic heterocycles. The van der Waals surface area contributed by atoms with E-state index in [0.717, 1.165) is 71.9 Å². The molecule has 2 aliphatic rings. The summed E-state index contributed by atoms with van der Waals surface area (Å²) in [5.74, 6) is -0.317. The first-order valence-corrected chi connectivity index (χ1v) is 17.5. The molecule has 6 aromatic rings. The quantitative estimate of drug-likeness (QED) is 0.188. The van der Waals surface area contributed by atoms with Crippen molar-refractivity contribution >= 4 is 22.3 Å². The van der Waals surface area contributed by atoms with Crippen LogP contribution in [0.5, 0.6) is 5.75 Å². The van der Waals surface area contributed by atoms with Gasteiger partial charge in [0.2, 0.25) is 5.79 Å². The van der Waals surface area contributed by atoms with Crippen molar-refractivity contribution in [3.63, 3.8) is 0 Å². The van der Waals surface area contributed by atoms with E-state index in [1.165, 1.54) is 0 Å². The fourth-order valence-corrected chi connectivity index (χ4v) is 6.72. The van der Waals surface area contributed by atoms with Crippen molar-refractivity contribution in [3.05, 3.63) is 120 Å². The Morgan fingerprint density at radius 1 is 0.882 bits per heavy atom. The second-order valence-corrected chi connectivity index (χ2v) is 13.1. The highest BCUT2D eigenvalue weighted by Gasteiger charge is 2.45. The summed E-state index contributed by atoms with van der Waals surface area (Å²) >= 11 is 0. The lowest BCUT2D eigenvalue weighted by atomic mass is 10.1. The first-order valence-electron chi connectivity index (χ1n) is 17.5. The smallest absolute Gasteiger partial charge is 0.350 e. The van der Waals surface area contributed by atoms with E-state index in [4.69, 9.17) is 14.2 Å². The van der Waals surface area contributed by atoms with Crippen molar-refractivity contribution in [2.24, 2.45) is 0 Å². The molecule has 2 fully saturated rings. The lowest BCUT2D eigenvalue weighted by Crippen LogP contribution is -2.46. The van der Waals surface area contributed by atoms with E-state index in [1.807, 2.05) is 55.5 Å². The van der Waals surface area contributed by atoms with Crippen molar-refractivity contribution in [1.29, 1.82) is 0 Å². The van der Waals surface area contributed by atoms with Crippen molar-refractivity contribution < 1.29 is 14.2 Å². The Kier molecular flexibility index (Phi) is 8.97. The molecule has 0 aliphatic carbocycles. The molecule has 8 rings (SSSR count). The second kappa shape index (κ2) is 14.0. The summed E-state index contributed by atoms with van der Waals surface area (Å²) in [5.41, 5.74) is 4.72. The molecule has 0 saturated carbocycles. The van der Waals surface area contributed by atoms with Crippen LogP contribution in [-0.4, -0.2) is 79.8 Å². The summed E-state index contributed by atoms with van der Waals surface area (Å²) in [4.78, 5) is 23.8. The number of para-hydroxylation sites is 1. The zero-order chi connectivity index (χ0) is 34.8. The van der Waals surface area contributed by atoms with Gasteiger partial charge in [-0.25, -0.2) is 14.0 Å². The predicted octanol–water partition coefficient (Wildman–Crippen LogP) is 4.82. The summed E-state index contributed by atoms with van der Waals surface area (Å²) in [7, 11) is 0. The Morgan fingerprint density at radius 3 is 2.25 bits per heavy atom. The van der Waals surface area contributed by atoms with Crippen LogP contribution in [-0.2, 0) is 21.8 Å². The standard InChI is InChI=1S/C38H41N9O4/c1-3-28(2)47-37(48)45(27-42-47)33-10-8-31(9-11-33)43-18-20-44(21-19-43)32-12-14-34(15-13-32)49-24-35-25-50-38(51-35,26-46-40-16-17-41-46)30-22-29-6-4-5-7-36(29)39-23-30/h4-17,22-23,27-28,35H,3,18-21,24-26H2,1-2H3. The molecule has 3 unspecified atom stereocenters. The van der Waals surface area contributed by atoms with Gasteiger partial charge >= 0.3 is 5.69 Å². The summed E-state index contributed by atoms with van der Waals surface area (Å²) in [5, 5.41) is 13.9. The third-order valence-electron chi connectivity index (χ3n) is 9.82. The number of aromatic nitrogens is 7. The Hall–Kier alpha value is -5.53. The SMILES string of the molecule is CCC(C)n1ncn(-c2ccc(N3CCN(c4ccc(OCC5COC(Cn6nccn6)(c6cnc7ccccc7c6)O5)cc4)CC3)cc2)c1=O. The molecule has 2 aliphatic heterocycles. The van der Waals surface area contributed by atoms with Crippen LogP contribution < -0.4 is 20.2 Å². The lowest BCUT2D eigenvalue weighted by molar-refractivity contribution is -0.192. The van der Waals surface area contributed by atoms with Gasteiger partial charge in [0.05, 0.1) is 36.2 Å². The molecular weight excluding hydrogens is 646 g/mol. The minimum atomic E-state index is -1.09. The van der Waals surface area contributed by atoms with Crippen LogP contribution in [0.3, 0.4) is 0 Å². The number of fused-ring (bicyclic) bond motifs is 1. The average Bonchev–Trinajstić information content (AvgIpc) is 3.95. The molecule has 13 heteroatoms.